The molecule has 46 heavy (non-hydrogen) atoms. The fourth-order valence-corrected chi connectivity index (χ4v) is 5.36. The smallest absolute Gasteiger partial charge is 0.269 e. The summed E-state index contributed by atoms with van der Waals surface area (Å²) in [4.78, 5) is 28.0. The van der Waals surface area contributed by atoms with E-state index < -0.39 is 41.7 Å². The van der Waals surface area contributed by atoms with Crippen molar-refractivity contribution in [3.63, 3.8) is 0 Å². The molecule has 3 N–H and O–H groups in total. The Balaban J connectivity index is 0.000000213. The third kappa shape index (κ3) is 7.57. The Morgan fingerprint density at radius 2 is 1.59 bits per heavy atom. The molecule has 1 aromatic heterocycles. The summed E-state index contributed by atoms with van der Waals surface area (Å²) in [6.07, 6.45) is 4.38. The van der Waals surface area contributed by atoms with E-state index in [1.165, 1.54) is 24.3 Å². The van der Waals surface area contributed by atoms with Gasteiger partial charge >= 0.3 is 0 Å². The number of imidazole rings is 1. The first-order chi connectivity index (χ1) is 22.3. The maximum Gasteiger partial charge on any atom is 0.269 e. The SMILES string of the molecule is Clc1ccccc1C(c1ccccc1)(c1ccccc1)n1ccnc1.[N-]=[N+]=NCC(=O)N[C@H](CO)[C@H](O)c1ccc([N+](=O)[O-])cc1. The third-order valence-corrected chi connectivity index (χ3v) is 7.52. The van der Waals surface area contributed by atoms with Crippen LogP contribution in [0, 0.1) is 10.1 Å². The van der Waals surface area contributed by atoms with Gasteiger partial charge in [-0.25, -0.2) is 4.98 Å². The summed E-state index contributed by atoms with van der Waals surface area (Å²) in [5.41, 5.74) is 10.9. The number of aliphatic hydroxyl groups is 2. The minimum atomic E-state index is -1.26. The standard InChI is InChI=1S/C22H17ClN2.C11H13N5O5/c23-21-14-8-7-13-20(21)22(25-16-15-24-17-25,18-9-3-1-4-10-18)19-11-5-2-6-12-19;12-15-13-5-10(18)14-9(6-17)11(19)7-1-3-8(4-2-7)16(20)21/h1-17H;1-4,9,11,17,19H,5-6H2,(H,14,18)/t;9-,11-/m.1/s1. The topological polar surface area (TPSA) is 179 Å². The molecule has 234 valence electrons. The van der Waals surface area contributed by atoms with Crippen LogP contribution in [0.3, 0.4) is 0 Å². The zero-order chi connectivity index (χ0) is 32.9. The number of hydrogen-bond acceptors (Lipinski definition) is 7. The van der Waals surface area contributed by atoms with E-state index in [1.807, 2.05) is 42.9 Å². The lowest BCUT2D eigenvalue weighted by molar-refractivity contribution is -0.384. The molecule has 12 nitrogen and oxygen atoms in total. The van der Waals surface area contributed by atoms with Crippen LogP contribution in [0.4, 0.5) is 5.69 Å². The molecular weight excluding hydrogens is 610 g/mol. The molecule has 0 bridgehead atoms. The molecule has 0 radical (unpaired) electrons. The molecule has 0 aliphatic rings. The summed E-state index contributed by atoms with van der Waals surface area (Å²) in [7, 11) is 0. The first-order valence-corrected chi connectivity index (χ1v) is 14.4. The largest absolute Gasteiger partial charge is 0.394 e. The second-order valence-electron chi connectivity index (χ2n) is 9.93. The van der Waals surface area contributed by atoms with Crippen molar-refractivity contribution in [3.8, 4) is 0 Å². The zero-order valence-electron chi connectivity index (χ0n) is 24.4. The van der Waals surface area contributed by atoms with Gasteiger partial charge in [0.2, 0.25) is 5.91 Å². The number of azide groups is 1. The number of benzene rings is 4. The molecule has 0 fully saturated rings. The van der Waals surface area contributed by atoms with Crippen molar-refractivity contribution < 1.29 is 19.9 Å². The number of hydrogen-bond donors (Lipinski definition) is 3. The van der Waals surface area contributed by atoms with E-state index in [9.17, 15) is 25.1 Å². The summed E-state index contributed by atoms with van der Waals surface area (Å²) in [6, 6.07) is 32.9. The summed E-state index contributed by atoms with van der Waals surface area (Å²) in [6.45, 7) is -1.01. The van der Waals surface area contributed by atoms with E-state index in [-0.39, 0.29) is 5.69 Å². The average molecular weight is 640 g/mol. The molecule has 5 aromatic rings. The van der Waals surface area contributed by atoms with Gasteiger partial charge in [0.15, 0.2) is 0 Å². The van der Waals surface area contributed by atoms with Gasteiger partial charge in [-0.3, -0.25) is 14.9 Å². The molecule has 5 rings (SSSR count). The predicted molar refractivity (Wildman–Crippen MR) is 173 cm³/mol. The van der Waals surface area contributed by atoms with Gasteiger partial charge in [0, 0.05) is 40.0 Å². The highest BCUT2D eigenvalue weighted by molar-refractivity contribution is 6.31. The molecule has 4 aromatic carbocycles. The van der Waals surface area contributed by atoms with Gasteiger partial charge in [0.1, 0.15) is 18.2 Å². The van der Waals surface area contributed by atoms with E-state index in [2.05, 4.69) is 79.5 Å². The van der Waals surface area contributed by atoms with Crippen molar-refractivity contribution in [3.05, 3.63) is 176 Å². The van der Waals surface area contributed by atoms with Crippen molar-refractivity contribution in [2.75, 3.05) is 13.2 Å². The van der Waals surface area contributed by atoms with E-state index >= 15 is 0 Å². The minimum absolute atomic E-state index is 0.140. The molecule has 0 saturated heterocycles. The van der Waals surface area contributed by atoms with E-state index in [4.69, 9.17) is 17.1 Å². The molecule has 0 saturated carbocycles. The fraction of sp³-hybridized carbons (Fsp3) is 0.152. The van der Waals surface area contributed by atoms with Crippen LogP contribution in [0.2, 0.25) is 5.02 Å². The monoisotopic (exact) mass is 639 g/mol. The second-order valence-corrected chi connectivity index (χ2v) is 10.3. The molecule has 13 heteroatoms. The first kappa shape index (κ1) is 33.4. The number of non-ortho nitro benzene ring substituents is 1. The number of carbonyl (C=O) groups excluding carboxylic acids is 1. The van der Waals surface area contributed by atoms with Crippen molar-refractivity contribution >= 4 is 23.2 Å². The number of carbonyl (C=O) groups is 1. The highest BCUT2D eigenvalue weighted by atomic mass is 35.5. The van der Waals surface area contributed by atoms with Gasteiger partial charge in [-0.1, -0.05) is 95.6 Å². The highest BCUT2D eigenvalue weighted by Gasteiger charge is 2.39. The first-order valence-electron chi connectivity index (χ1n) is 14.0. The molecule has 0 aliphatic heterocycles. The third-order valence-electron chi connectivity index (χ3n) is 7.19. The second kappa shape index (κ2) is 16.0. The predicted octanol–water partition coefficient (Wildman–Crippen LogP) is 5.79. The van der Waals surface area contributed by atoms with Crippen LogP contribution in [0.15, 0.2) is 133 Å². The van der Waals surface area contributed by atoms with Gasteiger partial charge in [0.25, 0.3) is 5.69 Å². The number of nitro groups is 1. The maximum absolute atomic E-state index is 11.4. The number of aliphatic hydroxyl groups excluding tert-OH is 2. The molecule has 0 aliphatic carbocycles. The minimum Gasteiger partial charge on any atom is -0.394 e. The van der Waals surface area contributed by atoms with Crippen LogP contribution >= 0.6 is 11.6 Å². The summed E-state index contributed by atoms with van der Waals surface area (Å²) in [5, 5.41) is 35.8. The normalized spacial score (nSPS) is 12.1. The number of halogens is 1. The van der Waals surface area contributed by atoms with Crippen LogP contribution in [-0.4, -0.2) is 49.8 Å². The Hall–Kier alpha value is -5.52. The number of amides is 1. The zero-order valence-corrected chi connectivity index (χ0v) is 25.1. The Labute approximate surface area is 269 Å². The Morgan fingerprint density at radius 1 is 1.00 bits per heavy atom. The van der Waals surface area contributed by atoms with Crippen molar-refractivity contribution in [2.24, 2.45) is 5.11 Å². The van der Waals surface area contributed by atoms with Crippen LogP contribution < -0.4 is 5.32 Å². The Bertz CT molecular complexity index is 1730. The summed E-state index contributed by atoms with van der Waals surface area (Å²) < 4.78 is 2.12. The van der Waals surface area contributed by atoms with Crippen LogP contribution in [0.25, 0.3) is 10.4 Å². The maximum atomic E-state index is 11.4. The van der Waals surface area contributed by atoms with Crippen LogP contribution in [0.1, 0.15) is 28.4 Å². The summed E-state index contributed by atoms with van der Waals surface area (Å²) in [5.74, 6) is -0.659. The average Bonchev–Trinajstić information content (AvgIpc) is 3.64. The van der Waals surface area contributed by atoms with Gasteiger partial charge in [0.05, 0.1) is 23.9 Å². The van der Waals surface area contributed by atoms with Gasteiger partial charge < -0.3 is 20.1 Å². The fourth-order valence-electron chi connectivity index (χ4n) is 5.08. The Morgan fingerprint density at radius 3 is 2.09 bits per heavy atom. The van der Waals surface area contributed by atoms with E-state index in [0.717, 1.165) is 21.7 Å². The lowest BCUT2D eigenvalue weighted by Crippen LogP contribution is -2.42. The molecule has 0 unspecified atom stereocenters. The van der Waals surface area contributed by atoms with Crippen molar-refractivity contribution in [2.45, 2.75) is 17.7 Å². The van der Waals surface area contributed by atoms with Crippen molar-refractivity contribution in [1.82, 2.24) is 14.9 Å². The van der Waals surface area contributed by atoms with E-state index in [0.29, 0.717) is 5.56 Å². The van der Waals surface area contributed by atoms with Gasteiger partial charge in [-0.15, -0.1) is 0 Å². The van der Waals surface area contributed by atoms with Gasteiger partial charge in [-0.05, 0) is 40.4 Å². The lowest BCUT2D eigenvalue weighted by atomic mass is 9.76. The molecular formula is C33H30ClN7O5. The number of rotatable bonds is 11. The highest BCUT2D eigenvalue weighted by Crippen LogP contribution is 2.43. The van der Waals surface area contributed by atoms with Crippen molar-refractivity contribution in [1.29, 1.82) is 0 Å². The quantitative estimate of drug-likeness (QED) is 0.0411. The van der Waals surface area contributed by atoms with E-state index in [1.54, 1.807) is 6.20 Å². The van der Waals surface area contributed by atoms with Crippen LogP contribution in [0.5, 0.6) is 0 Å². The van der Waals surface area contributed by atoms with Gasteiger partial charge in [-0.2, -0.15) is 0 Å². The number of nitrogens with zero attached hydrogens (tertiary/aromatic N) is 6. The molecule has 1 amide bonds. The summed E-state index contributed by atoms with van der Waals surface area (Å²) >= 11 is 6.69. The molecule has 0 spiro atoms. The van der Waals surface area contributed by atoms with Crippen LogP contribution in [-0.2, 0) is 10.3 Å². The Kier molecular flexibility index (Phi) is 11.6. The molecule has 2 atom stereocenters. The number of nitrogens with one attached hydrogen (secondary N) is 1. The number of nitro benzene ring substituents is 1. The number of aromatic nitrogens is 2. The molecule has 1 heterocycles. The lowest BCUT2D eigenvalue weighted by Gasteiger charge is -2.37.